The molecule has 1 N–H and O–H groups in total. The Bertz CT molecular complexity index is 688. The molecule has 3 rings (SSSR count). The molecule has 0 saturated carbocycles. The number of aliphatic hydroxyl groups excluding tert-OH is 1. The summed E-state index contributed by atoms with van der Waals surface area (Å²) in [6, 6.07) is 5.36. The number of hydrogen-bond donors (Lipinski definition) is 1. The fraction of sp³-hybridized carbons (Fsp3) is 0.400. The molecule has 2 heterocycles. The molecule has 2 atom stereocenters. The number of carbonyl (C=O) groups excluding carboxylic acids is 1. The lowest BCUT2D eigenvalue weighted by Crippen LogP contribution is -2.38. The average molecular weight is 320 g/mol. The van der Waals surface area contributed by atoms with Crippen LogP contribution in [0.4, 0.5) is 4.39 Å². The molecule has 1 fully saturated rings. The van der Waals surface area contributed by atoms with Crippen LogP contribution in [0, 0.1) is 5.82 Å². The quantitative estimate of drug-likeness (QED) is 0.894. The van der Waals surface area contributed by atoms with E-state index in [1.807, 2.05) is 0 Å². The maximum Gasteiger partial charge on any atom is 0.276 e. The zero-order chi connectivity index (χ0) is 16.4. The number of halogens is 1. The first-order valence-electron chi connectivity index (χ1n) is 7.25. The lowest BCUT2D eigenvalue weighted by atomic mass is 10.2. The minimum atomic E-state index is -0.356. The molecule has 1 aromatic heterocycles. The molecule has 1 amide bonds. The van der Waals surface area contributed by atoms with Gasteiger partial charge in [0.1, 0.15) is 5.82 Å². The van der Waals surface area contributed by atoms with E-state index in [-0.39, 0.29) is 36.2 Å². The zero-order valence-electron chi connectivity index (χ0n) is 12.6. The molecule has 122 valence electrons. The molecule has 0 radical (unpaired) electrons. The second-order valence-corrected chi connectivity index (χ2v) is 5.38. The van der Waals surface area contributed by atoms with Crippen LogP contribution in [0.1, 0.15) is 16.9 Å². The third kappa shape index (κ3) is 3.08. The molecule has 2 aromatic rings. The van der Waals surface area contributed by atoms with Gasteiger partial charge in [0.05, 0.1) is 30.6 Å². The summed E-state index contributed by atoms with van der Waals surface area (Å²) in [4.78, 5) is 15.4. The predicted molar refractivity (Wildman–Crippen MR) is 78.6 cm³/mol. The van der Waals surface area contributed by atoms with Crippen LogP contribution >= 0.6 is 0 Å². The summed E-state index contributed by atoms with van der Waals surface area (Å²) in [5.41, 5.74) is 0.727. The topological polar surface area (TPSA) is 80.5 Å². The van der Waals surface area contributed by atoms with Gasteiger partial charge in [-0.05, 0) is 30.7 Å². The Hall–Kier alpha value is -2.32. The van der Waals surface area contributed by atoms with Crippen LogP contribution in [-0.2, 0) is 4.74 Å². The Kier molecular flexibility index (Phi) is 4.35. The fourth-order valence-corrected chi connectivity index (χ4v) is 2.67. The van der Waals surface area contributed by atoms with Crippen molar-refractivity contribution in [2.75, 3.05) is 20.3 Å². The van der Waals surface area contributed by atoms with E-state index in [2.05, 4.69) is 10.2 Å². The van der Waals surface area contributed by atoms with E-state index in [4.69, 9.17) is 4.74 Å². The van der Waals surface area contributed by atoms with E-state index in [1.165, 1.54) is 35.3 Å². The van der Waals surface area contributed by atoms with Crippen LogP contribution < -0.4 is 0 Å². The number of methoxy groups -OCH3 is 1. The van der Waals surface area contributed by atoms with Crippen molar-refractivity contribution in [1.29, 1.82) is 0 Å². The second kappa shape index (κ2) is 6.43. The standard InChI is InChI=1S/C15H17FN4O3/c1-23-13-6-12(9-21)19(8-13)15(22)14-7-17-20(18-14)11-4-2-10(16)3-5-11/h2-5,7,12-13,21H,6,8-9H2,1H3/t12-,13-/m0/s1. The van der Waals surface area contributed by atoms with Gasteiger partial charge in [-0.3, -0.25) is 4.79 Å². The van der Waals surface area contributed by atoms with E-state index in [0.29, 0.717) is 18.7 Å². The summed E-state index contributed by atoms with van der Waals surface area (Å²) in [5, 5.41) is 17.6. The van der Waals surface area contributed by atoms with Crippen molar-refractivity contribution in [2.24, 2.45) is 0 Å². The molecule has 0 aliphatic carbocycles. The van der Waals surface area contributed by atoms with Crippen molar-refractivity contribution in [3.05, 3.63) is 42.0 Å². The number of ether oxygens (including phenoxy) is 1. The van der Waals surface area contributed by atoms with Crippen molar-refractivity contribution in [1.82, 2.24) is 19.9 Å². The Labute approximate surface area is 132 Å². The molecule has 1 aliphatic rings. The summed E-state index contributed by atoms with van der Waals surface area (Å²) in [6.07, 6.45) is 1.86. The lowest BCUT2D eigenvalue weighted by molar-refractivity contribution is 0.0641. The summed E-state index contributed by atoms with van der Waals surface area (Å²) in [5.74, 6) is -0.664. The second-order valence-electron chi connectivity index (χ2n) is 5.38. The highest BCUT2D eigenvalue weighted by Crippen LogP contribution is 2.21. The summed E-state index contributed by atoms with van der Waals surface area (Å²) < 4.78 is 18.2. The Morgan fingerprint density at radius 2 is 2.17 bits per heavy atom. The van der Waals surface area contributed by atoms with E-state index in [1.54, 1.807) is 12.0 Å². The van der Waals surface area contributed by atoms with E-state index in [9.17, 15) is 14.3 Å². The first kappa shape index (κ1) is 15.6. The highest BCUT2D eigenvalue weighted by atomic mass is 19.1. The van der Waals surface area contributed by atoms with Gasteiger partial charge in [-0.2, -0.15) is 9.90 Å². The fourth-order valence-electron chi connectivity index (χ4n) is 2.67. The van der Waals surface area contributed by atoms with Gasteiger partial charge in [-0.25, -0.2) is 4.39 Å². The molecule has 0 spiro atoms. The molecular weight excluding hydrogens is 303 g/mol. The van der Waals surface area contributed by atoms with E-state index >= 15 is 0 Å². The van der Waals surface area contributed by atoms with Crippen LogP contribution in [0.5, 0.6) is 0 Å². The Morgan fingerprint density at radius 1 is 1.43 bits per heavy atom. The number of rotatable bonds is 4. The SMILES string of the molecule is CO[C@H]1C[C@@H](CO)N(C(=O)c2cnn(-c3ccc(F)cc3)n2)C1. The molecule has 7 nitrogen and oxygen atoms in total. The monoisotopic (exact) mass is 320 g/mol. The number of benzene rings is 1. The first-order valence-corrected chi connectivity index (χ1v) is 7.25. The number of carbonyl (C=O) groups is 1. The van der Waals surface area contributed by atoms with Gasteiger partial charge in [0, 0.05) is 13.7 Å². The van der Waals surface area contributed by atoms with Crippen LogP contribution in [0.25, 0.3) is 5.69 Å². The van der Waals surface area contributed by atoms with Gasteiger partial charge in [-0.15, -0.1) is 5.10 Å². The highest BCUT2D eigenvalue weighted by molar-refractivity contribution is 5.92. The number of amides is 1. The highest BCUT2D eigenvalue weighted by Gasteiger charge is 2.36. The maximum absolute atomic E-state index is 12.9. The minimum Gasteiger partial charge on any atom is -0.394 e. The van der Waals surface area contributed by atoms with Crippen LogP contribution in [0.3, 0.4) is 0 Å². The van der Waals surface area contributed by atoms with Crippen LogP contribution in [0.15, 0.2) is 30.5 Å². The van der Waals surface area contributed by atoms with Gasteiger partial charge in [0.2, 0.25) is 0 Å². The number of likely N-dealkylation sites (tertiary alicyclic amines) is 1. The Morgan fingerprint density at radius 3 is 2.83 bits per heavy atom. The van der Waals surface area contributed by atoms with Crippen molar-refractivity contribution >= 4 is 5.91 Å². The third-order valence-corrected chi connectivity index (χ3v) is 3.95. The molecule has 8 heteroatoms. The van der Waals surface area contributed by atoms with Crippen molar-refractivity contribution in [3.63, 3.8) is 0 Å². The van der Waals surface area contributed by atoms with Crippen molar-refractivity contribution in [2.45, 2.75) is 18.6 Å². The molecular formula is C15H17FN4O3. The molecule has 1 saturated heterocycles. The van der Waals surface area contributed by atoms with Gasteiger partial charge in [0.25, 0.3) is 5.91 Å². The Balaban J connectivity index is 1.79. The van der Waals surface area contributed by atoms with Crippen molar-refractivity contribution < 1.29 is 19.0 Å². The molecule has 0 bridgehead atoms. The largest absolute Gasteiger partial charge is 0.394 e. The normalized spacial score (nSPS) is 20.9. The maximum atomic E-state index is 12.9. The van der Waals surface area contributed by atoms with E-state index < -0.39 is 0 Å². The average Bonchev–Trinajstić information content (AvgIpc) is 3.21. The van der Waals surface area contributed by atoms with Crippen LogP contribution in [0.2, 0.25) is 0 Å². The van der Waals surface area contributed by atoms with Gasteiger partial charge in [0.15, 0.2) is 5.69 Å². The minimum absolute atomic E-state index is 0.0942. The van der Waals surface area contributed by atoms with Gasteiger partial charge < -0.3 is 14.7 Å². The molecule has 23 heavy (non-hydrogen) atoms. The predicted octanol–water partition coefficient (Wildman–Crippen LogP) is 0.628. The summed E-state index contributed by atoms with van der Waals surface area (Å²) in [6.45, 7) is 0.279. The van der Waals surface area contributed by atoms with Gasteiger partial charge in [-0.1, -0.05) is 0 Å². The number of aromatic nitrogens is 3. The summed E-state index contributed by atoms with van der Waals surface area (Å²) in [7, 11) is 1.58. The zero-order valence-corrected chi connectivity index (χ0v) is 12.6. The molecule has 0 unspecified atom stereocenters. The van der Waals surface area contributed by atoms with Crippen molar-refractivity contribution in [3.8, 4) is 5.69 Å². The smallest absolute Gasteiger partial charge is 0.276 e. The lowest BCUT2D eigenvalue weighted by Gasteiger charge is -2.21. The number of hydrogen-bond acceptors (Lipinski definition) is 5. The summed E-state index contributed by atoms with van der Waals surface area (Å²) >= 11 is 0. The van der Waals surface area contributed by atoms with E-state index in [0.717, 1.165) is 0 Å². The third-order valence-electron chi connectivity index (χ3n) is 3.95. The first-order chi connectivity index (χ1) is 11.1. The number of aliphatic hydroxyl groups is 1. The number of nitrogens with zero attached hydrogens (tertiary/aromatic N) is 4. The molecule has 1 aliphatic heterocycles. The van der Waals surface area contributed by atoms with Crippen LogP contribution in [-0.4, -0.2) is 63.3 Å². The van der Waals surface area contributed by atoms with Gasteiger partial charge >= 0.3 is 0 Å². The molecule has 1 aromatic carbocycles.